The molecule has 9 heteroatoms. The number of hydrogen-bond donors (Lipinski definition) is 1. The first-order valence-electron chi connectivity index (χ1n) is 11.1. The molecule has 0 saturated heterocycles. The second-order valence-electron chi connectivity index (χ2n) is 8.66. The minimum absolute atomic E-state index is 0.00440. The van der Waals surface area contributed by atoms with Crippen LogP contribution in [0.5, 0.6) is 5.75 Å². The number of para-hydroxylation sites is 1. The number of fused-ring (bicyclic) bond motifs is 1. The maximum atomic E-state index is 13.2. The molecule has 0 bridgehead atoms. The fourth-order valence-electron chi connectivity index (χ4n) is 4.11. The van der Waals surface area contributed by atoms with Gasteiger partial charge in [0.1, 0.15) is 18.0 Å². The summed E-state index contributed by atoms with van der Waals surface area (Å²) in [4.78, 5) is 27.3. The van der Waals surface area contributed by atoms with Crippen molar-refractivity contribution in [1.82, 2.24) is 9.47 Å². The van der Waals surface area contributed by atoms with Gasteiger partial charge in [-0.2, -0.15) is 0 Å². The van der Waals surface area contributed by atoms with E-state index in [9.17, 15) is 18.0 Å². The summed E-state index contributed by atoms with van der Waals surface area (Å²) in [5, 5.41) is 3.08. The van der Waals surface area contributed by atoms with E-state index in [2.05, 4.69) is 5.32 Å². The molecule has 0 atom stereocenters. The summed E-state index contributed by atoms with van der Waals surface area (Å²) in [6.07, 6.45) is 1.46. The summed E-state index contributed by atoms with van der Waals surface area (Å²) in [6, 6.07) is 13.6. The lowest BCUT2D eigenvalue weighted by Crippen LogP contribution is -2.43. The third-order valence-electron chi connectivity index (χ3n) is 5.49. The van der Waals surface area contributed by atoms with Crippen LogP contribution in [0.4, 0.5) is 5.69 Å². The van der Waals surface area contributed by atoms with Crippen LogP contribution in [-0.2, 0) is 26.0 Å². The smallest absolute Gasteiger partial charge is 0.242 e. The Kier molecular flexibility index (Phi) is 7.66. The molecule has 0 saturated carbocycles. The number of hydrogen-bond acceptors (Lipinski definition) is 5. The lowest BCUT2D eigenvalue weighted by molar-refractivity contribution is -0.135. The van der Waals surface area contributed by atoms with Gasteiger partial charge in [-0.25, -0.2) is 8.42 Å². The molecule has 1 heterocycles. The molecule has 1 N–H and O–H groups in total. The molecule has 2 amide bonds. The first kappa shape index (κ1) is 25.3. The van der Waals surface area contributed by atoms with Crippen molar-refractivity contribution in [2.45, 2.75) is 51.2 Å². The molecule has 0 radical (unpaired) electrons. The van der Waals surface area contributed by atoms with Gasteiger partial charge in [-0.05, 0) is 58.0 Å². The molecule has 8 nitrogen and oxygen atoms in total. The first-order chi connectivity index (χ1) is 16.0. The van der Waals surface area contributed by atoms with E-state index in [-0.39, 0.29) is 29.4 Å². The largest absolute Gasteiger partial charge is 0.497 e. The van der Waals surface area contributed by atoms with Gasteiger partial charge in [-0.15, -0.1) is 0 Å². The van der Waals surface area contributed by atoms with E-state index in [1.54, 1.807) is 58.0 Å². The maximum absolute atomic E-state index is 13.2. The Hall–Kier alpha value is -3.33. The average molecular weight is 486 g/mol. The Morgan fingerprint density at radius 3 is 2.21 bits per heavy atom. The molecule has 0 aliphatic heterocycles. The van der Waals surface area contributed by atoms with Gasteiger partial charge in [0.05, 0.1) is 12.0 Å². The van der Waals surface area contributed by atoms with Crippen molar-refractivity contribution in [2.24, 2.45) is 0 Å². The van der Waals surface area contributed by atoms with Crippen molar-refractivity contribution in [3.63, 3.8) is 0 Å². The lowest BCUT2D eigenvalue weighted by Gasteiger charge is -2.31. The molecule has 1 aromatic heterocycles. The van der Waals surface area contributed by atoms with E-state index in [0.717, 1.165) is 0 Å². The molecular formula is C25H31N3O5S. The van der Waals surface area contributed by atoms with Gasteiger partial charge < -0.3 is 19.5 Å². The second-order valence-corrected chi connectivity index (χ2v) is 10.6. The SMILES string of the molecule is COc1ccc(NC(=O)CS(=O)(=O)c2cn(CC(=O)N(C(C)C)C(C)C)c3ccccc23)cc1. The fourth-order valence-corrected chi connectivity index (χ4v) is 5.48. The van der Waals surface area contributed by atoms with Gasteiger partial charge in [0.2, 0.25) is 11.8 Å². The zero-order valence-electron chi connectivity index (χ0n) is 20.1. The van der Waals surface area contributed by atoms with Crippen molar-refractivity contribution >= 4 is 38.2 Å². The van der Waals surface area contributed by atoms with Gasteiger partial charge in [-0.1, -0.05) is 18.2 Å². The number of amides is 2. The van der Waals surface area contributed by atoms with Crippen LogP contribution >= 0.6 is 0 Å². The van der Waals surface area contributed by atoms with Gasteiger partial charge in [-0.3, -0.25) is 9.59 Å². The summed E-state index contributed by atoms with van der Waals surface area (Å²) in [6.45, 7) is 7.79. The predicted octanol–water partition coefficient (Wildman–Crippen LogP) is 3.71. The highest BCUT2D eigenvalue weighted by Gasteiger charge is 2.26. The zero-order valence-corrected chi connectivity index (χ0v) is 20.9. The zero-order chi connectivity index (χ0) is 25.0. The fraction of sp³-hybridized carbons (Fsp3) is 0.360. The highest BCUT2D eigenvalue weighted by molar-refractivity contribution is 7.92. The topological polar surface area (TPSA) is 97.7 Å². The summed E-state index contributed by atoms with van der Waals surface area (Å²) in [5.41, 5.74) is 1.09. The number of methoxy groups -OCH3 is 1. The van der Waals surface area contributed by atoms with Gasteiger partial charge in [0.25, 0.3) is 0 Å². The van der Waals surface area contributed by atoms with E-state index < -0.39 is 21.5 Å². The first-order valence-corrected chi connectivity index (χ1v) is 12.7. The monoisotopic (exact) mass is 485 g/mol. The van der Waals surface area contributed by atoms with Crippen molar-refractivity contribution in [3.8, 4) is 5.75 Å². The quantitative estimate of drug-likeness (QED) is 0.498. The van der Waals surface area contributed by atoms with Crippen LogP contribution in [0.25, 0.3) is 10.9 Å². The van der Waals surface area contributed by atoms with E-state index in [0.29, 0.717) is 22.3 Å². The Morgan fingerprint density at radius 1 is 1.00 bits per heavy atom. The molecule has 0 fully saturated rings. The third-order valence-corrected chi connectivity index (χ3v) is 7.13. The third kappa shape index (κ3) is 5.59. The van der Waals surface area contributed by atoms with Crippen LogP contribution in [-0.4, -0.2) is 54.6 Å². The number of carbonyl (C=O) groups excluding carboxylic acids is 2. The van der Waals surface area contributed by atoms with Crippen molar-refractivity contribution in [1.29, 1.82) is 0 Å². The molecule has 0 aliphatic carbocycles. The number of aromatic nitrogens is 1. The van der Waals surface area contributed by atoms with Crippen LogP contribution in [0.15, 0.2) is 59.6 Å². The maximum Gasteiger partial charge on any atom is 0.242 e. The minimum Gasteiger partial charge on any atom is -0.497 e. The van der Waals surface area contributed by atoms with Crippen LogP contribution in [0.1, 0.15) is 27.7 Å². The van der Waals surface area contributed by atoms with Gasteiger partial charge >= 0.3 is 0 Å². The normalized spacial score (nSPS) is 11.7. The van der Waals surface area contributed by atoms with E-state index in [1.807, 2.05) is 27.7 Å². The molecular weight excluding hydrogens is 454 g/mol. The number of nitrogens with zero attached hydrogens (tertiary/aromatic N) is 2. The molecule has 0 spiro atoms. The van der Waals surface area contributed by atoms with E-state index in [1.165, 1.54) is 13.3 Å². The van der Waals surface area contributed by atoms with Gasteiger partial charge in [0.15, 0.2) is 9.84 Å². The highest BCUT2D eigenvalue weighted by Crippen LogP contribution is 2.27. The number of benzene rings is 2. The van der Waals surface area contributed by atoms with Crippen molar-refractivity contribution < 1.29 is 22.7 Å². The Labute approximate surface area is 200 Å². The summed E-state index contributed by atoms with van der Waals surface area (Å²) in [7, 11) is -2.43. The van der Waals surface area contributed by atoms with Crippen LogP contribution in [0, 0.1) is 0 Å². The van der Waals surface area contributed by atoms with Crippen molar-refractivity contribution in [3.05, 3.63) is 54.7 Å². The predicted molar refractivity (Wildman–Crippen MR) is 133 cm³/mol. The molecule has 182 valence electrons. The van der Waals surface area contributed by atoms with Crippen LogP contribution < -0.4 is 10.1 Å². The van der Waals surface area contributed by atoms with Crippen LogP contribution in [0.3, 0.4) is 0 Å². The van der Waals surface area contributed by atoms with Gasteiger partial charge in [0, 0.05) is 34.9 Å². The highest BCUT2D eigenvalue weighted by atomic mass is 32.2. The second kappa shape index (κ2) is 10.3. The summed E-state index contributed by atoms with van der Waals surface area (Å²) < 4.78 is 33.1. The number of nitrogens with one attached hydrogen (secondary N) is 1. The molecule has 0 unspecified atom stereocenters. The number of rotatable bonds is 9. The number of anilines is 1. The lowest BCUT2D eigenvalue weighted by atomic mass is 10.2. The Balaban J connectivity index is 1.87. The van der Waals surface area contributed by atoms with Crippen LogP contribution in [0.2, 0.25) is 0 Å². The Morgan fingerprint density at radius 2 is 1.62 bits per heavy atom. The molecule has 2 aromatic carbocycles. The minimum atomic E-state index is -3.97. The number of sulfone groups is 1. The summed E-state index contributed by atoms with van der Waals surface area (Å²) in [5.74, 6) is -0.845. The van der Waals surface area contributed by atoms with Crippen molar-refractivity contribution in [2.75, 3.05) is 18.2 Å². The molecule has 3 aromatic rings. The molecule has 0 aliphatic rings. The molecule has 34 heavy (non-hydrogen) atoms. The molecule has 3 rings (SSSR count). The van der Waals surface area contributed by atoms with E-state index >= 15 is 0 Å². The Bertz CT molecular complexity index is 1270. The number of carbonyl (C=O) groups is 2. The summed E-state index contributed by atoms with van der Waals surface area (Å²) >= 11 is 0. The van der Waals surface area contributed by atoms with E-state index in [4.69, 9.17) is 4.74 Å². The number of ether oxygens (including phenoxy) is 1. The standard InChI is InChI=1S/C25H31N3O5S/c1-17(2)28(18(3)4)25(30)15-27-14-23(21-8-6-7-9-22(21)27)34(31,32)16-24(29)26-19-10-12-20(33-5)13-11-19/h6-14,17-18H,15-16H2,1-5H3,(H,26,29). The average Bonchev–Trinajstić information content (AvgIpc) is 3.12.